The van der Waals surface area contributed by atoms with Gasteiger partial charge in [-0.3, -0.25) is 0 Å². The summed E-state index contributed by atoms with van der Waals surface area (Å²) in [6.07, 6.45) is 0.903. The summed E-state index contributed by atoms with van der Waals surface area (Å²) >= 11 is 12.0. The van der Waals surface area contributed by atoms with Crippen molar-refractivity contribution < 1.29 is 9.47 Å². The molecule has 108 valence electrons. The fraction of sp³-hybridized carbons (Fsp3) is 0.538. The lowest BCUT2D eigenvalue weighted by molar-refractivity contribution is 0.191. The first-order valence-corrected chi connectivity index (χ1v) is 6.83. The highest BCUT2D eigenvalue weighted by Gasteiger charge is 2.12. The summed E-state index contributed by atoms with van der Waals surface area (Å²) in [6.45, 7) is 2.87. The SMILES string of the molecule is COCCCN(CCOC)c1cc(Cl)c(Cl)cc1N. The second-order valence-corrected chi connectivity index (χ2v) is 4.97. The summed E-state index contributed by atoms with van der Waals surface area (Å²) in [7, 11) is 3.36. The van der Waals surface area contributed by atoms with Crippen LogP contribution in [0.4, 0.5) is 11.4 Å². The number of nitrogens with two attached hydrogens (primary N) is 1. The van der Waals surface area contributed by atoms with Crippen LogP contribution in [-0.4, -0.2) is 40.5 Å². The van der Waals surface area contributed by atoms with E-state index in [1.54, 1.807) is 26.4 Å². The van der Waals surface area contributed by atoms with Gasteiger partial charge < -0.3 is 20.1 Å². The fourth-order valence-corrected chi connectivity index (χ4v) is 2.11. The summed E-state index contributed by atoms with van der Waals surface area (Å²) in [4.78, 5) is 2.13. The van der Waals surface area contributed by atoms with E-state index in [4.69, 9.17) is 38.4 Å². The van der Waals surface area contributed by atoms with Crippen LogP contribution in [0.3, 0.4) is 0 Å². The molecular formula is C13H20Cl2N2O2. The molecule has 19 heavy (non-hydrogen) atoms. The largest absolute Gasteiger partial charge is 0.397 e. The first kappa shape index (κ1) is 16.4. The van der Waals surface area contributed by atoms with Gasteiger partial charge in [0.2, 0.25) is 0 Å². The predicted molar refractivity (Wildman–Crippen MR) is 81.5 cm³/mol. The van der Waals surface area contributed by atoms with E-state index < -0.39 is 0 Å². The Balaban J connectivity index is 2.85. The molecule has 0 fully saturated rings. The minimum Gasteiger partial charge on any atom is -0.397 e. The van der Waals surface area contributed by atoms with Crippen molar-refractivity contribution in [3.8, 4) is 0 Å². The van der Waals surface area contributed by atoms with E-state index in [1.165, 1.54) is 0 Å². The second-order valence-electron chi connectivity index (χ2n) is 4.15. The number of nitrogens with zero attached hydrogens (tertiary/aromatic N) is 1. The van der Waals surface area contributed by atoms with Crippen LogP contribution in [0.15, 0.2) is 12.1 Å². The Bertz CT molecular complexity index is 402. The second kappa shape index (κ2) is 8.48. The molecule has 1 rings (SSSR count). The van der Waals surface area contributed by atoms with Crippen LogP contribution in [0.1, 0.15) is 6.42 Å². The lowest BCUT2D eigenvalue weighted by atomic mass is 10.2. The molecule has 0 unspecified atom stereocenters. The number of anilines is 2. The highest BCUT2D eigenvalue weighted by Crippen LogP contribution is 2.33. The molecule has 0 radical (unpaired) electrons. The standard InChI is InChI=1S/C13H20Cl2N2O2/c1-18-6-3-4-17(5-7-19-2)13-9-11(15)10(14)8-12(13)16/h8-9H,3-7,16H2,1-2H3. The van der Waals surface area contributed by atoms with Gasteiger partial charge in [-0.15, -0.1) is 0 Å². The van der Waals surface area contributed by atoms with Crippen molar-refractivity contribution in [3.63, 3.8) is 0 Å². The molecule has 0 aromatic heterocycles. The third-order valence-corrected chi connectivity index (χ3v) is 3.47. The molecule has 4 nitrogen and oxygen atoms in total. The Morgan fingerprint density at radius 3 is 2.32 bits per heavy atom. The number of nitrogen functional groups attached to an aromatic ring is 1. The Morgan fingerprint density at radius 2 is 1.68 bits per heavy atom. The third-order valence-electron chi connectivity index (χ3n) is 2.75. The first-order chi connectivity index (χ1) is 9.10. The lowest BCUT2D eigenvalue weighted by Gasteiger charge is -2.26. The summed E-state index contributed by atoms with van der Waals surface area (Å²) in [5, 5.41) is 0.964. The molecule has 1 aromatic carbocycles. The highest BCUT2D eigenvalue weighted by atomic mass is 35.5. The van der Waals surface area contributed by atoms with Crippen LogP contribution in [0.5, 0.6) is 0 Å². The zero-order valence-corrected chi connectivity index (χ0v) is 12.8. The Kier molecular flexibility index (Phi) is 7.31. The van der Waals surface area contributed by atoms with Gasteiger partial charge in [-0.05, 0) is 18.6 Å². The number of hydrogen-bond acceptors (Lipinski definition) is 4. The number of halogens is 2. The molecule has 0 bridgehead atoms. The molecule has 0 aliphatic carbocycles. The average Bonchev–Trinajstić information content (AvgIpc) is 2.38. The number of hydrogen-bond donors (Lipinski definition) is 1. The maximum absolute atomic E-state index is 6.06. The molecule has 2 N–H and O–H groups in total. The summed E-state index contributed by atoms with van der Waals surface area (Å²) in [5.74, 6) is 0. The molecule has 6 heteroatoms. The maximum atomic E-state index is 6.06. The molecule has 0 aliphatic heterocycles. The van der Waals surface area contributed by atoms with Crippen molar-refractivity contribution in [2.45, 2.75) is 6.42 Å². The van der Waals surface area contributed by atoms with Crippen molar-refractivity contribution in [2.24, 2.45) is 0 Å². The zero-order chi connectivity index (χ0) is 14.3. The van der Waals surface area contributed by atoms with Gasteiger partial charge in [0.05, 0.1) is 28.0 Å². The smallest absolute Gasteiger partial charge is 0.0637 e. The average molecular weight is 307 g/mol. The van der Waals surface area contributed by atoms with E-state index in [2.05, 4.69) is 4.90 Å². The summed E-state index contributed by atoms with van der Waals surface area (Å²) < 4.78 is 10.2. The summed E-state index contributed by atoms with van der Waals surface area (Å²) in [6, 6.07) is 3.47. The summed E-state index contributed by atoms with van der Waals surface area (Å²) in [5.41, 5.74) is 7.50. The lowest BCUT2D eigenvalue weighted by Crippen LogP contribution is -2.29. The van der Waals surface area contributed by atoms with Crippen LogP contribution in [0.25, 0.3) is 0 Å². The van der Waals surface area contributed by atoms with Gasteiger partial charge in [0.15, 0.2) is 0 Å². The topological polar surface area (TPSA) is 47.7 Å². The van der Waals surface area contributed by atoms with Crippen LogP contribution in [0, 0.1) is 0 Å². The third kappa shape index (κ3) is 5.07. The van der Waals surface area contributed by atoms with Crippen LogP contribution >= 0.6 is 23.2 Å². The van der Waals surface area contributed by atoms with Gasteiger partial charge in [-0.2, -0.15) is 0 Å². The van der Waals surface area contributed by atoms with Crippen LogP contribution in [-0.2, 0) is 9.47 Å². The zero-order valence-electron chi connectivity index (χ0n) is 11.3. The quantitative estimate of drug-likeness (QED) is 0.592. The Labute approximate surface area is 124 Å². The Morgan fingerprint density at radius 1 is 1.05 bits per heavy atom. The van der Waals surface area contributed by atoms with Crippen LogP contribution in [0.2, 0.25) is 10.0 Å². The van der Waals surface area contributed by atoms with Crippen molar-refractivity contribution in [2.75, 3.05) is 51.2 Å². The van der Waals surface area contributed by atoms with Gasteiger partial charge >= 0.3 is 0 Å². The molecule has 0 aliphatic rings. The highest BCUT2D eigenvalue weighted by molar-refractivity contribution is 6.42. The van der Waals surface area contributed by atoms with E-state index in [9.17, 15) is 0 Å². The van der Waals surface area contributed by atoms with E-state index in [-0.39, 0.29) is 0 Å². The van der Waals surface area contributed by atoms with E-state index in [0.29, 0.717) is 28.9 Å². The number of ether oxygens (including phenoxy) is 2. The van der Waals surface area contributed by atoms with Crippen molar-refractivity contribution in [1.82, 2.24) is 0 Å². The van der Waals surface area contributed by atoms with Crippen LogP contribution < -0.4 is 10.6 Å². The fourth-order valence-electron chi connectivity index (χ4n) is 1.78. The minimum absolute atomic E-state index is 0.464. The van der Waals surface area contributed by atoms with Crippen molar-refractivity contribution in [1.29, 1.82) is 0 Å². The van der Waals surface area contributed by atoms with Gasteiger partial charge in [0, 0.05) is 33.9 Å². The monoisotopic (exact) mass is 306 g/mol. The number of benzene rings is 1. The van der Waals surface area contributed by atoms with E-state index in [0.717, 1.165) is 25.2 Å². The van der Waals surface area contributed by atoms with Crippen molar-refractivity contribution >= 4 is 34.6 Å². The van der Waals surface area contributed by atoms with E-state index >= 15 is 0 Å². The van der Waals surface area contributed by atoms with Gasteiger partial charge in [-0.1, -0.05) is 23.2 Å². The molecule has 0 atom stereocenters. The predicted octanol–water partition coefficient (Wildman–Crippen LogP) is 3.06. The molecule has 0 saturated carbocycles. The molecule has 0 spiro atoms. The van der Waals surface area contributed by atoms with Crippen molar-refractivity contribution in [3.05, 3.63) is 22.2 Å². The molecule has 1 aromatic rings. The number of rotatable bonds is 8. The molecule has 0 amide bonds. The van der Waals surface area contributed by atoms with Gasteiger partial charge in [0.25, 0.3) is 0 Å². The van der Waals surface area contributed by atoms with E-state index in [1.807, 2.05) is 0 Å². The minimum atomic E-state index is 0.464. The molecule has 0 saturated heterocycles. The first-order valence-electron chi connectivity index (χ1n) is 6.07. The van der Waals surface area contributed by atoms with Gasteiger partial charge in [-0.25, -0.2) is 0 Å². The molecule has 0 heterocycles. The maximum Gasteiger partial charge on any atom is 0.0637 e. The number of methoxy groups -OCH3 is 2. The normalized spacial score (nSPS) is 10.7. The molecular weight excluding hydrogens is 287 g/mol. The Hall–Kier alpha value is -0.680. The van der Waals surface area contributed by atoms with Gasteiger partial charge in [0.1, 0.15) is 0 Å².